The molecule has 43 heavy (non-hydrogen) atoms. The summed E-state index contributed by atoms with van der Waals surface area (Å²) in [6.45, 7) is 1.02. The van der Waals surface area contributed by atoms with Gasteiger partial charge in [0.05, 0.1) is 30.2 Å². The molecule has 6 rings (SSSR count). The monoisotopic (exact) mass is 571 g/mol. The molecule has 2 atom stereocenters. The third kappa shape index (κ3) is 6.36. The van der Waals surface area contributed by atoms with E-state index in [9.17, 15) is 14.9 Å². The highest BCUT2D eigenvalue weighted by Crippen LogP contribution is 2.34. The van der Waals surface area contributed by atoms with Gasteiger partial charge in [-0.15, -0.1) is 0 Å². The number of alkyl carbamates (subject to hydrolysis) is 1. The predicted octanol–water partition coefficient (Wildman–Crippen LogP) is 6.12. The van der Waals surface area contributed by atoms with Crippen molar-refractivity contribution < 1.29 is 9.53 Å². The van der Waals surface area contributed by atoms with E-state index in [0.717, 1.165) is 41.8 Å². The van der Waals surface area contributed by atoms with Crippen LogP contribution >= 0.6 is 0 Å². The minimum atomic E-state index is -0.435. The number of nitrogens with zero attached hydrogens (tertiary/aromatic N) is 4. The maximum Gasteiger partial charge on any atom is 0.407 e. The molecule has 8 heteroatoms. The summed E-state index contributed by atoms with van der Waals surface area (Å²) in [6.07, 6.45) is 4.69. The highest BCUT2D eigenvalue weighted by molar-refractivity contribution is 5.75. The molecule has 3 aromatic carbocycles. The molecule has 1 amide bonds. The van der Waals surface area contributed by atoms with Crippen LogP contribution in [0.3, 0.4) is 0 Å². The third-order valence-electron chi connectivity index (χ3n) is 8.14. The second kappa shape index (κ2) is 12.8. The van der Waals surface area contributed by atoms with Gasteiger partial charge < -0.3 is 19.2 Å². The SMILES string of the molecule is N#Cc1ccccc1Cn1c([C@@H]2CCCC(NC(=O)OCc3ccccc3)C2)nc2ccn(Cc3ccccc3)c(=O)c21. The van der Waals surface area contributed by atoms with Crippen LogP contribution in [-0.4, -0.2) is 26.3 Å². The topological polar surface area (TPSA) is 102 Å². The Hall–Kier alpha value is -5.16. The Balaban J connectivity index is 1.30. The normalized spacial score (nSPS) is 16.4. The largest absolute Gasteiger partial charge is 0.445 e. The van der Waals surface area contributed by atoms with Crippen LogP contribution in [0.2, 0.25) is 0 Å². The number of hydrogen-bond acceptors (Lipinski definition) is 5. The highest BCUT2D eigenvalue weighted by Gasteiger charge is 2.30. The number of pyridine rings is 1. The highest BCUT2D eigenvalue weighted by atomic mass is 16.5. The predicted molar refractivity (Wildman–Crippen MR) is 165 cm³/mol. The fourth-order valence-electron chi connectivity index (χ4n) is 6.00. The van der Waals surface area contributed by atoms with Crippen molar-refractivity contribution in [3.63, 3.8) is 0 Å². The number of imidazole rings is 1. The molecule has 1 unspecified atom stereocenters. The second-order valence-corrected chi connectivity index (χ2v) is 11.1. The summed E-state index contributed by atoms with van der Waals surface area (Å²) in [6, 6.07) is 31.1. The van der Waals surface area contributed by atoms with E-state index in [1.165, 1.54) is 0 Å². The molecule has 1 aliphatic rings. The van der Waals surface area contributed by atoms with E-state index in [1.54, 1.807) is 16.8 Å². The zero-order chi connectivity index (χ0) is 29.6. The van der Waals surface area contributed by atoms with Crippen molar-refractivity contribution in [3.05, 3.63) is 136 Å². The molecule has 1 aliphatic carbocycles. The Morgan fingerprint density at radius 1 is 0.930 bits per heavy atom. The van der Waals surface area contributed by atoms with Gasteiger partial charge in [-0.3, -0.25) is 4.79 Å². The minimum Gasteiger partial charge on any atom is -0.445 e. The molecule has 0 radical (unpaired) electrons. The fraction of sp³-hybridized carbons (Fsp3) is 0.257. The van der Waals surface area contributed by atoms with Crippen LogP contribution in [0.1, 0.15) is 59.7 Å². The van der Waals surface area contributed by atoms with Gasteiger partial charge in [-0.25, -0.2) is 9.78 Å². The summed E-state index contributed by atoms with van der Waals surface area (Å²) < 4.78 is 9.19. The Kier molecular flexibility index (Phi) is 8.32. The fourth-order valence-corrected chi connectivity index (χ4v) is 6.00. The zero-order valence-electron chi connectivity index (χ0n) is 23.9. The minimum absolute atomic E-state index is 0.0248. The third-order valence-corrected chi connectivity index (χ3v) is 8.14. The van der Waals surface area contributed by atoms with E-state index in [2.05, 4.69) is 11.4 Å². The summed E-state index contributed by atoms with van der Waals surface area (Å²) in [7, 11) is 0. The van der Waals surface area contributed by atoms with Crippen molar-refractivity contribution in [1.82, 2.24) is 19.4 Å². The maximum absolute atomic E-state index is 14.0. The number of fused-ring (bicyclic) bond motifs is 1. The number of amides is 1. The molecule has 5 aromatic rings. The van der Waals surface area contributed by atoms with E-state index >= 15 is 0 Å². The molecular formula is C35H33N5O3. The van der Waals surface area contributed by atoms with Gasteiger partial charge in [0, 0.05) is 18.2 Å². The van der Waals surface area contributed by atoms with Gasteiger partial charge in [0.1, 0.15) is 17.9 Å². The first-order chi connectivity index (χ1) is 21.1. The zero-order valence-corrected chi connectivity index (χ0v) is 23.9. The number of hydrogen-bond donors (Lipinski definition) is 1. The average Bonchev–Trinajstić information content (AvgIpc) is 3.41. The first kappa shape index (κ1) is 28.0. The molecule has 0 saturated heterocycles. The molecule has 1 fully saturated rings. The van der Waals surface area contributed by atoms with Crippen LogP contribution in [0.25, 0.3) is 11.0 Å². The van der Waals surface area contributed by atoms with E-state index < -0.39 is 6.09 Å². The van der Waals surface area contributed by atoms with E-state index in [-0.39, 0.29) is 24.1 Å². The van der Waals surface area contributed by atoms with Crippen LogP contribution in [0, 0.1) is 11.3 Å². The van der Waals surface area contributed by atoms with E-state index in [4.69, 9.17) is 9.72 Å². The van der Waals surface area contributed by atoms with Crippen molar-refractivity contribution >= 4 is 17.1 Å². The summed E-state index contributed by atoms with van der Waals surface area (Å²) in [5.74, 6) is 0.832. The maximum atomic E-state index is 14.0. The van der Waals surface area contributed by atoms with Crippen LogP contribution < -0.4 is 10.9 Å². The number of aromatic nitrogens is 3. The first-order valence-electron chi connectivity index (χ1n) is 14.7. The van der Waals surface area contributed by atoms with Crippen LogP contribution in [0.4, 0.5) is 4.79 Å². The van der Waals surface area contributed by atoms with Gasteiger partial charge >= 0.3 is 6.09 Å². The van der Waals surface area contributed by atoms with Crippen LogP contribution in [0.15, 0.2) is 102 Å². The smallest absolute Gasteiger partial charge is 0.407 e. The van der Waals surface area contributed by atoms with E-state index in [1.807, 2.05) is 89.5 Å². The number of benzene rings is 3. The second-order valence-electron chi connectivity index (χ2n) is 11.1. The lowest BCUT2D eigenvalue weighted by molar-refractivity contribution is 0.132. The first-order valence-corrected chi connectivity index (χ1v) is 14.7. The van der Waals surface area contributed by atoms with Crippen LogP contribution in [0.5, 0.6) is 0 Å². The van der Waals surface area contributed by atoms with Gasteiger partial charge in [-0.2, -0.15) is 5.26 Å². The lowest BCUT2D eigenvalue weighted by Crippen LogP contribution is -2.38. The lowest BCUT2D eigenvalue weighted by atomic mass is 9.85. The lowest BCUT2D eigenvalue weighted by Gasteiger charge is -2.29. The molecule has 8 nitrogen and oxygen atoms in total. The van der Waals surface area contributed by atoms with Crippen molar-refractivity contribution in [2.45, 2.75) is 57.3 Å². The number of nitrogens with one attached hydrogen (secondary N) is 1. The summed E-state index contributed by atoms with van der Waals surface area (Å²) in [5, 5.41) is 12.8. The summed E-state index contributed by atoms with van der Waals surface area (Å²) in [5.41, 5.74) is 4.41. The molecule has 0 spiro atoms. The molecule has 1 saturated carbocycles. The number of rotatable bonds is 8. The van der Waals surface area contributed by atoms with Crippen LogP contribution in [-0.2, 0) is 24.4 Å². The van der Waals surface area contributed by atoms with Gasteiger partial charge in [0.25, 0.3) is 5.56 Å². The number of ether oxygens (including phenoxy) is 1. The standard InChI is InChI=1S/C35H33N5O3/c36-21-28-14-7-8-15-29(28)23-40-32-31(18-19-39(34(32)41)22-25-10-3-1-4-11-25)38-33(40)27-16-9-17-30(20-27)37-35(42)43-24-26-12-5-2-6-13-26/h1-8,10-15,18-19,27,30H,9,16-17,20,22-24H2,(H,37,42)/t27-,30?/m1/s1. The van der Waals surface area contributed by atoms with Crippen molar-refractivity contribution in [2.75, 3.05) is 0 Å². The molecule has 2 heterocycles. The Labute approximate surface area is 250 Å². The average molecular weight is 572 g/mol. The Bertz CT molecular complexity index is 1820. The quantitative estimate of drug-likeness (QED) is 0.242. The molecule has 2 aromatic heterocycles. The van der Waals surface area contributed by atoms with Crippen molar-refractivity contribution in [2.24, 2.45) is 0 Å². The van der Waals surface area contributed by atoms with E-state index in [0.29, 0.717) is 36.1 Å². The molecule has 1 N–H and O–H groups in total. The number of carbonyl (C=O) groups excluding carboxylic acids is 1. The van der Waals surface area contributed by atoms with Gasteiger partial charge in [-0.05, 0) is 48.1 Å². The van der Waals surface area contributed by atoms with Gasteiger partial charge in [0.15, 0.2) is 0 Å². The molecule has 0 bridgehead atoms. The van der Waals surface area contributed by atoms with Crippen molar-refractivity contribution in [3.8, 4) is 6.07 Å². The van der Waals surface area contributed by atoms with Crippen molar-refractivity contribution in [1.29, 1.82) is 5.26 Å². The summed E-state index contributed by atoms with van der Waals surface area (Å²) in [4.78, 5) is 31.6. The Morgan fingerprint density at radius 3 is 2.42 bits per heavy atom. The summed E-state index contributed by atoms with van der Waals surface area (Å²) >= 11 is 0. The van der Waals surface area contributed by atoms with Gasteiger partial charge in [0.2, 0.25) is 0 Å². The Morgan fingerprint density at radius 2 is 1.65 bits per heavy atom. The number of carbonyl (C=O) groups is 1. The molecule has 0 aliphatic heterocycles. The van der Waals surface area contributed by atoms with Gasteiger partial charge in [-0.1, -0.05) is 85.3 Å². The number of nitriles is 1. The molecular weight excluding hydrogens is 538 g/mol. The molecule has 216 valence electrons.